The molecule has 0 bridgehead atoms. The van der Waals surface area contributed by atoms with Crippen molar-refractivity contribution in [2.24, 2.45) is 5.14 Å². The predicted octanol–water partition coefficient (Wildman–Crippen LogP) is 0.991. The molecule has 0 spiro atoms. The minimum absolute atomic E-state index is 0.00972. The number of primary sulfonamides is 1. The molecule has 16 heavy (non-hydrogen) atoms. The highest BCUT2D eigenvalue weighted by molar-refractivity contribution is 7.89. The second-order valence-electron chi connectivity index (χ2n) is 3.42. The average Bonchev–Trinajstić information content (AvgIpc) is 2.19. The van der Waals surface area contributed by atoms with Crippen molar-refractivity contribution >= 4 is 21.6 Å². The smallest absolute Gasteiger partial charge is 0.238 e. The van der Waals surface area contributed by atoms with E-state index in [-0.39, 0.29) is 10.8 Å². The first-order valence-corrected chi connectivity index (χ1v) is 6.32. The van der Waals surface area contributed by atoms with Crippen molar-refractivity contribution in [3.63, 3.8) is 0 Å². The summed E-state index contributed by atoms with van der Waals surface area (Å²) in [7, 11) is -3.74. The van der Waals surface area contributed by atoms with Crippen LogP contribution in [0.2, 0.25) is 0 Å². The zero-order valence-corrected chi connectivity index (χ0v) is 9.97. The summed E-state index contributed by atoms with van der Waals surface area (Å²) >= 11 is 0. The van der Waals surface area contributed by atoms with E-state index in [4.69, 9.17) is 5.14 Å². The average molecular weight is 242 g/mol. The van der Waals surface area contributed by atoms with E-state index >= 15 is 0 Å². The van der Waals surface area contributed by atoms with Gasteiger partial charge >= 0.3 is 0 Å². The minimum atomic E-state index is -3.74. The Balaban J connectivity index is 3.14. The summed E-state index contributed by atoms with van der Waals surface area (Å²) < 4.78 is 22.2. The fourth-order valence-electron chi connectivity index (χ4n) is 1.15. The van der Waals surface area contributed by atoms with E-state index < -0.39 is 10.0 Å². The quantitative estimate of drug-likeness (QED) is 0.828. The highest BCUT2D eigenvalue weighted by atomic mass is 32.2. The van der Waals surface area contributed by atoms with Crippen molar-refractivity contribution < 1.29 is 13.2 Å². The number of hydrogen-bond donors (Lipinski definition) is 2. The summed E-state index contributed by atoms with van der Waals surface area (Å²) in [5.74, 6) is -0.172. The van der Waals surface area contributed by atoms with Crippen LogP contribution in [0.3, 0.4) is 0 Å². The van der Waals surface area contributed by atoms with Gasteiger partial charge < -0.3 is 5.32 Å². The molecule has 0 aromatic heterocycles. The number of rotatable bonds is 3. The van der Waals surface area contributed by atoms with Crippen LogP contribution < -0.4 is 10.5 Å². The van der Waals surface area contributed by atoms with Gasteiger partial charge in [-0.1, -0.05) is 13.0 Å². The van der Waals surface area contributed by atoms with Crippen LogP contribution in [0.5, 0.6) is 0 Å². The van der Waals surface area contributed by atoms with Gasteiger partial charge in [-0.05, 0) is 24.6 Å². The van der Waals surface area contributed by atoms with Gasteiger partial charge in [0.15, 0.2) is 0 Å². The van der Waals surface area contributed by atoms with Gasteiger partial charge in [0.25, 0.3) is 0 Å². The first-order chi connectivity index (χ1) is 7.34. The number of aryl methyl sites for hydroxylation is 1. The Morgan fingerprint density at radius 1 is 1.44 bits per heavy atom. The minimum Gasteiger partial charge on any atom is -0.326 e. The summed E-state index contributed by atoms with van der Waals surface area (Å²) in [6.45, 7) is 3.49. The molecule has 88 valence electrons. The Kier molecular flexibility index (Phi) is 3.66. The van der Waals surface area contributed by atoms with Crippen LogP contribution in [0.25, 0.3) is 0 Å². The van der Waals surface area contributed by atoms with Gasteiger partial charge in [0.05, 0.1) is 4.90 Å². The number of sulfonamides is 1. The molecule has 0 radical (unpaired) electrons. The fraction of sp³-hybridized carbons (Fsp3) is 0.300. The zero-order chi connectivity index (χ0) is 12.3. The van der Waals surface area contributed by atoms with E-state index in [1.807, 2.05) is 0 Å². The molecular weight excluding hydrogens is 228 g/mol. The standard InChI is InChI=1S/C10H14N2O3S/c1-3-10(13)12-9-6-8(16(11,14)15)5-4-7(9)2/h4-6H,3H2,1-2H3,(H,12,13)(H2,11,14,15). The van der Waals surface area contributed by atoms with Gasteiger partial charge in [-0.25, -0.2) is 13.6 Å². The summed E-state index contributed by atoms with van der Waals surface area (Å²) in [6.07, 6.45) is 0.332. The third kappa shape index (κ3) is 3.04. The van der Waals surface area contributed by atoms with Crippen LogP contribution in [0.15, 0.2) is 23.1 Å². The van der Waals surface area contributed by atoms with Crippen molar-refractivity contribution in [2.45, 2.75) is 25.2 Å². The highest BCUT2D eigenvalue weighted by Gasteiger charge is 2.10. The lowest BCUT2D eigenvalue weighted by atomic mass is 10.2. The Bertz CT molecular complexity index is 509. The Labute approximate surface area is 94.7 Å². The highest BCUT2D eigenvalue weighted by Crippen LogP contribution is 2.19. The third-order valence-electron chi connectivity index (χ3n) is 2.13. The van der Waals surface area contributed by atoms with E-state index in [9.17, 15) is 13.2 Å². The molecule has 0 aliphatic heterocycles. The van der Waals surface area contributed by atoms with Crippen LogP contribution in [-0.4, -0.2) is 14.3 Å². The molecule has 1 aromatic carbocycles. The lowest BCUT2D eigenvalue weighted by molar-refractivity contribution is -0.115. The van der Waals surface area contributed by atoms with E-state index in [0.29, 0.717) is 12.1 Å². The maximum Gasteiger partial charge on any atom is 0.238 e. The van der Waals surface area contributed by atoms with Crippen molar-refractivity contribution in [3.05, 3.63) is 23.8 Å². The number of nitrogens with one attached hydrogen (secondary N) is 1. The molecule has 0 saturated heterocycles. The van der Waals surface area contributed by atoms with Crippen LogP contribution >= 0.6 is 0 Å². The molecule has 5 nitrogen and oxygen atoms in total. The summed E-state index contributed by atoms with van der Waals surface area (Å²) in [6, 6.07) is 4.37. The number of carbonyl (C=O) groups excluding carboxylic acids is 1. The van der Waals surface area contributed by atoms with E-state index in [2.05, 4.69) is 5.32 Å². The van der Waals surface area contributed by atoms with Crippen LogP contribution in [0, 0.1) is 6.92 Å². The first kappa shape index (κ1) is 12.7. The van der Waals surface area contributed by atoms with E-state index in [1.165, 1.54) is 12.1 Å². The van der Waals surface area contributed by atoms with Gasteiger partial charge in [-0.15, -0.1) is 0 Å². The molecule has 0 fully saturated rings. The number of benzene rings is 1. The summed E-state index contributed by atoms with van der Waals surface area (Å²) in [5, 5.41) is 7.61. The van der Waals surface area contributed by atoms with Gasteiger partial charge in [-0.2, -0.15) is 0 Å². The SMILES string of the molecule is CCC(=O)Nc1cc(S(N)(=O)=O)ccc1C. The second kappa shape index (κ2) is 4.63. The molecule has 0 saturated carbocycles. The van der Waals surface area contributed by atoms with Crippen LogP contribution in [0.1, 0.15) is 18.9 Å². The Morgan fingerprint density at radius 2 is 2.06 bits per heavy atom. The molecule has 1 amide bonds. The maximum absolute atomic E-state index is 11.2. The largest absolute Gasteiger partial charge is 0.326 e. The van der Waals surface area contributed by atoms with Crippen molar-refractivity contribution in [1.29, 1.82) is 0 Å². The number of anilines is 1. The van der Waals surface area contributed by atoms with Gasteiger partial charge in [0.1, 0.15) is 0 Å². The van der Waals surface area contributed by atoms with Gasteiger partial charge in [0, 0.05) is 12.1 Å². The predicted molar refractivity (Wildman–Crippen MR) is 61.5 cm³/mol. The van der Waals surface area contributed by atoms with Crippen LogP contribution in [-0.2, 0) is 14.8 Å². The number of carbonyl (C=O) groups is 1. The Hall–Kier alpha value is -1.40. The fourth-order valence-corrected chi connectivity index (χ4v) is 1.69. The lowest BCUT2D eigenvalue weighted by Gasteiger charge is -2.08. The maximum atomic E-state index is 11.2. The van der Waals surface area contributed by atoms with Gasteiger partial charge in [-0.3, -0.25) is 4.79 Å². The third-order valence-corrected chi connectivity index (χ3v) is 3.04. The molecule has 6 heteroatoms. The van der Waals surface area contributed by atoms with Crippen LogP contribution in [0.4, 0.5) is 5.69 Å². The molecule has 0 atom stereocenters. The Morgan fingerprint density at radius 3 is 2.56 bits per heavy atom. The normalized spacial score (nSPS) is 11.2. The van der Waals surface area contributed by atoms with Crippen molar-refractivity contribution in [3.8, 4) is 0 Å². The number of hydrogen-bond acceptors (Lipinski definition) is 3. The molecule has 0 heterocycles. The molecular formula is C10H14N2O3S. The molecule has 0 unspecified atom stereocenters. The second-order valence-corrected chi connectivity index (χ2v) is 4.98. The van der Waals surface area contributed by atoms with Gasteiger partial charge in [0.2, 0.25) is 15.9 Å². The molecule has 3 N–H and O–H groups in total. The van der Waals surface area contributed by atoms with Crippen molar-refractivity contribution in [1.82, 2.24) is 0 Å². The van der Waals surface area contributed by atoms with E-state index in [0.717, 1.165) is 5.56 Å². The summed E-state index contributed by atoms with van der Waals surface area (Å²) in [4.78, 5) is 11.2. The number of nitrogens with two attached hydrogens (primary N) is 1. The number of amides is 1. The molecule has 0 aliphatic carbocycles. The molecule has 1 aromatic rings. The monoisotopic (exact) mass is 242 g/mol. The molecule has 0 aliphatic rings. The summed E-state index contributed by atoms with van der Waals surface area (Å²) in [5.41, 5.74) is 1.26. The van der Waals surface area contributed by atoms with Crippen molar-refractivity contribution in [2.75, 3.05) is 5.32 Å². The topological polar surface area (TPSA) is 89.3 Å². The zero-order valence-electron chi connectivity index (χ0n) is 9.15. The molecule has 1 rings (SSSR count). The lowest BCUT2D eigenvalue weighted by Crippen LogP contribution is -2.14. The first-order valence-electron chi connectivity index (χ1n) is 4.78. The van der Waals surface area contributed by atoms with E-state index in [1.54, 1.807) is 19.9 Å².